The Balaban J connectivity index is 1.82. The second-order valence-corrected chi connectivity index (χ2v) is 7.64. The lowest BCUT2D eigenvalue weighted by Crippen LogP contribution is -2.29. The van der Waals surface area contributed by atoms with Gasteiger partial charge in [0, 0.05) is 11.1 Å². The molecule has 5 heteroatoms. The van der Waals surface area contributed by atoms with E-state index in [-0.39, 0.29) is 23.8 Å². The van der Waals surface area contributed by atoms with Crippen LogP contribution in [-0.4, -0.2) is 4.73 Å². The van der Waals surface area contributed by atoms with E-state index in [4.69, 9.17) is 4.84 Å². The second kappa shape index (κ2) is 8.71. The van der Waals surface area contributed by atoms with Gasteiger partial charge in [0.1, 0.15) is 18.2 Å². The van der Waals surface area contributed by atoms with Crippen LogP contribution in [0.1, 0.15) is 5.56 Å². The fourth-order valence-corrected chi connectivity index (χ4v) is 3.94. The van der Waals surface area contributed by atoms with Gasteiger partial charge in [-0.1, -0.05) is 60.7 Å². The van der Waals surface area contributed by atoms with E-state index in [9.17, 15) is 13.6 Å². The largest absolute Gasteiger partial charge is 0.405 e. The molecule has 5 rings (SSSR count). The predicted molar refractivity (Wildman–Crippen MR) is 126 cm³/mol. The van der Waals surface area contributed by atoms with Gasteiger partial charge in [-0.15, -0.1) is 4.73 Å². The lowest BCUT2D eigenvalue weighted by Gasteiger charge is -2.20. The Labute approximate surface area is 189 Å². The first-order chi connectivity index (χ1) is 16.1. The molecule has 3 nitrogen and oxygen atoms in total. The average molecular weight is 439 g/mol. The highest BCUT2D eigenvalue weighted by molar-refractivity contribution is 6.02. The number of pyridine rings is 1. The number of hydrogen-bond acceptors (Lipinski definition) is 2. The van der Waals surface area contributed by atoms with Gasteiger partial charge in [-0.05, 0) is 59.0 Å². The van der Waals surface area contributed by atoms with Crippen molar-refractivity contribution in [2.75, 3.05) is 0 Å². The van der Waals surface area contributed by atoms with E-state index in [1.54, 1.807) is 36.4 Å². The molecule has 162 valence electrons. The minimum absolute atomic E-state index is 0.163. The van der Waals surface area contributed by atoms with E-state index in [2.05, 4.69) is 0 Å². The first-order valence-electron chi connectivity index (χ1n) is 10.5. The Bertz CT molecular complexity index is 1480. The van der Waals surface area contributed by atoms with Gasteiger partial charge < -0.3 is 4.84 Å². The zero-order valence-electron chi connectivity index (χ0n) is 17.5. The van der Waals surface area contributed by atoms with E-state index in [0.29, 0.717) is 33.2 Å². The van der Waals surface area contributed by atoms with Gasteiger partial charge in [0.15, 0.2) is 0 Å². The average Bonchev–Trinajstić information content (AvgIpc) is 2.85. The molecule has 0 amide bonds. The summed E-state index contributed by atoms with van der Waals surface area (Å²) < 4.78 is 28.7. The van der Waals surface area contributed by atoms with Crippen LogP contribution in [0.3, 0.4) is 0 Å². The van der Waals surface area contributed by atoms with E-state index in [1.807, 2.05) is 42.5 Å². The summed E-state index contributed by atoms with van der Waals surface area (Å²) >= 11 is 0. The molecule has 0 fully saturated rings. The van der Waals surface area contributed by atoms with Crippen molar-refractivity contribution in [2.45, 2.75) is 6.61 Å². The monoisotopic (exact) mass is 439 g/mol. The zero-order valence-corrected chi connectivity index (χ0v) is 17.5. The Morgan fingerprint density at radius 1 is 0.636 bits per heavy atom. The van der Waals surface area contributed by atoms with Crippen molar-refractivity contribution in [1.29, 1.82) is 0 Å². The molecule has 0 saturated heterocycles. The molecule has 4 aromatic carbocycles. The van der Waals surface area contributed by atoms with Crippen molar-refractivity contribution in [1.82, 2.24) is 4.73 Å². The fraction of sp³-hybridized carbons (Fsp3) is 0.0357. The van der Waals surface area contributed by atoms with Gasteiger partial charge in [0.2, 0.25) is 0 Å². The second-order valence-electron chi connectivity index (χ2n) is 7.64. The van der Waals surface area contributed by atoms with Crippen LogP contribution >= 0.6 is 0 Å². The molecule has 0 aliphatic rings. The maximum absolute atomic E-state index is 13.7. The first-order valence-corrected chi connectivity index (χ1v) is 10.5. The number of fused-ring (bicyclic) bond motifs is 1. The highest BCUT2D eigenvalue weighted by Crippen LogP contribution is 2.36. The quantitative estimate of drug-likeness (QED) is 0.325. The number of hydrogen-bond donors (Lipinski definition) is 0. The van der Waals surface area contributed by atoms with Crippen LogP contribution in [0.25, 0.3) is 33.2 Å². The van der Waals surface area contributed by atoms with Crippen LogP contribution in [0.4, 0.5) is 8.78 Å². The predicted octanol–water partition coefficient (Wildman–Crippen LogP) is 6.24. The molecule has 0 aliphatic carbocycles. The minimum atomic E-state index is -0.387. The van der Waals surface area contributed by atoms with Gasteiger partial charge in [0.05, 0.1) is 11.1 Å². The summed E-state index contributed by atoms with van der Waals surface area (Å²) in [4.78, 5) is 19.6. The summed E-state index contributed by atoms with van der Waals surface area (Å²) in [7, 11) is 0. The lowest BCUT2D eigenvalue weighted by atomic mass is 9.94. The zero-order chi connectivity index (χ0) is 22.8. The summed E-state index contributed by atoms with van der Waals surface area (Å²) in [5, 5.41) is 1.17. The van der Waals surface area contributed by atoms with Gasteiger partial charge in [0.25, 0.3) is 5.56 Å². The lowest BCUT2D eigenvalue weighted by molar-refractivity contribution is 0.0942. The smallest absolute Gasteiger partial charge is 0.291 e. The van der Waals surface area contributed by atoms with Gasteiger partial charge in [-0.25, -0.2) is 8.78 Å². The highest BCUT2D eigenvalue weighted by atomic mass is 19.1. The Morgan fingerprint density at radius 2 is 1.18 bits per heavy atom. The molecule has 1 aromatic heterocycles. The normalized spacial score (nSPS) is 11.0. The number of benzene rings is 4. The topological polar surface area (TPSA) is 31.2 Å². The maximum Gasteiger partial charge on any atom is 0.291 e. The van der Waals surface area contributed by atoms with Crippen molar-refractivity contribution in [3.63, 3.8) is 0 Å². The van der Waals surface area contributed by atoms with Crippen molar-refractivity contribution in [2.24, 2.45) is 0 Å². The van der Waals surface area contributed by atoms with Gasteiger partial charge >= 0.3 is 0 Å². The molecule has 1 heterocycles. The number of rotatable bonds is 5. The Hall–Kier alpha value is -4.25. The molecule has 5 aromatic rings. The van der Waals surface area contributed by atoms with Crippen LogP contribution < -0.4 is 10.4 Å². The van der Waals surface area contributed by atoms with Crippen molar-refractivity contribution in [3.8, 4) is 22.4 Å². The molecule has 0 N–H and O–H groups in total. The molecule has 0 saturated carbocycles. The standard InChI is InChI=1S/C28H19F2NO2/c29-22-14-10-20(11-15-22)26-24-8-4-5-9-25(24)28(32)31(33-18-19-6-2-1-3-7-19)27(26)21-12-16-23(30)17-13-21/h1-17H,18H2. The van der Waals surface area contributed by atoms with Crippen molar-refractivity contribution in [3.05, 3.63) is 131 Å². The molecule has 33 heavy (non-hydrogen) atoms. The van der Waals surface area contributed by atoms with Crippen molar-refractivity contribution < 1.29 is 13.6 Å². The summed E-state index contributed by atoms with van der Waals surface area (Å²) in [5.41, 5.74) is 3.05. The molecule has 0 atom stereocenters. The van der Waals surface area contributed by atoms with E-state index in [1.165, 1.54) is 29.0 Å². The number of halogens is 2. The summed E-state index contributed by atoms with van der Waals surface area (Å²) in [5.74, 6) is -0.748. The molecule has 0 bridgehead atoms. The SMILES string of the molecule is O=c1c2ccccc2c(-c2ccc(F)cc2)c(-c2ccc(F)cc2)n1OCc1ccccc1. The van der Waals surface area contributed by atoms with E-state index in [0.717, 1.165) is 5.56 Å². The van der Waals surface area contributed by atoms with Gasteiger partial charge in [-0.2, -0.15) is 0 Å². The van der Waals surface area contributed by atoms with Crippen LogP contribution in [0.5, 0.6) is 0 Å². The Kier molecular flexibility index (Phi) is 5.45. The number of nitrogens with zero attached hydrogens (tertiary/aromatic N) is 1. The van der Waals surface area contributed by atoms with E-state index < -0.39 is 0 Å². The highest BCUT2D eigenvalue weighted by Gasteiger charge is 2.21. The van der Waals surface area contributed by atoms with Crippen LogP contribution in [-0.2, 0) is 6.61 Å². The third-order valence-corrected chi connectivity index (χ3v) is 5.50. The first kappa shape index (κ1) is 20.6. The minimum Gasteiger partial charge on any atom is -0.405 e. The molecular weight excluding hydrogens is 420 g/mol. The molecule has 0 spiro atoms. The summed E-state index contributed by atoms with van der Waals surface area (Å²) in [6.45, 7) is 0.163. The maximum atomic E-state index is 13.7. The van der Waals surface area contributed by atoms with E-state index >= 15 is 0 Å². The van der Waals surface area contributed by atoms with Crippen LogP contribution in [0, 0.1) is 11.6 Å². The summed E-state index contributed by atoms with van der Waals surface area (Å²) in [6.07, 6.45) is 0. The third kappa shape index (κ3) is 4.01. The number of aromatic nitrogens is 1. The molecule has 0 radical (unpaired) electrons. The molecule has 0 unspecified atom stereocenters. The van der Waals surface area contributed by atoms with Crippen molar-refractivity contribution >= 4 is 10.8 Å². The van der Waals surface area contributed by atoms with Crippen LogP contribution in [0.2, 0.25) is 0 Å². The fourth-order valence-electron chi connectivity index (χ4n) is 3.94. The van der Waals surface area contributed by atoms with Gasteiger partial charge in [-0.3, -0.25) is 4.79 Å². The van der Waals surface area contributed by atoms with Crippen LogP contribution in [0.15, 0.2) is 108 Å². The Morgan fingerprint density at radius 3 is 1.82 bits per heavy atom. The molecule has 0 aliphatic heterocycles. The molecular formula is C28H19F2NO2. The summed E-state index contributed by atoms with van der Waals surface area (Å²) in [6, 6.07) is 28.7. The third-order valence-electron chi connectivity index (χ3n) is 5.50.